The molecule has 5 nitrogen and oxygen atoms in total. The number of rotatable bonds is 2. The van der Waals surface area contributed by atoms with Gasteiger partial charge in [-0.05, 0) is 39.5 Å². The Bertz CT molecular complexity index is 327. The molecule has 0 radical (unpaired) electrons. The van der Waals surface area contributed by atoms with Crippen molar-refractivity contribution in [2.24, 2.45) is 5.73 Å². The van der Waals surface area contributed by atoms with Gasteiger partial charge in [-0.2, -0.15) is 0 Å². The summed E-state index contributed by atoms with van der Waals surface area (Å²) >= 11 is 0. The molecule has 0 amide bonds. The number of hydrogen-bond acceptors (Lipinski definition) is 5. The SMILES string of the molecule is COC(=O)C1(N)CCCC(N2CC(C)OC(C)C2)C1. The van der Waals surface area contributed by atoms with E-state index in [1.54, 1.807) is 0 Å². The lowest BCUT2D eigenvalue weighted by molar-refractivity contribution is -0.150. The van der Waals surface area contributed by atoms with Crippen molar-refractivity contribution < 1.29 is 14.3 Å². The number of nitrogens with two attached hydrogens (primary N) is 1. The van der Waals surface area contributed by atoms with Crippen LogP contribution in [0.5, 0.6) is 0 Å². The Labute approximate surface area is 115 Å². The van der Waals surface area contributed by atoms with Crippen molar-refractivity contribution in [1.29, 1.82) is 0 Å². The largest absolute Gasteiger partial charge is 0.468 e. The number of nitrogens with zero attached hydrogens (tertiary/aromatic N) is 1. The molecule has 2 fully saturated rings. The van der Waals surface area contributed by atoms with Gasteiger partial charge in [-0.1, -0.05) is 0 Å². The zero-order valence-electron chi connectivity index (χ0n) is 12.2. The van der Waals surface area contributed by atoms with E-state index in [1.165, 1.54) is 7.11 Å². The highest BCUT2D eigenvalue weighted by Crippen LogP contribution is 2.31. The number of carbonyl (C=O) groups excluding carboxylic acids is 1. The summed E-state index contributed by atoms with van der Waals surface area (Å²) in [5.74, 6) is -0.272. The van der Waals surface area contributed by atoms with Crippen molar-refractivity contribution in [3.8, 4) is 0 Å². The van der Waals surface area contributed by atoms with E-state index in [4.69, 9.17) is 15.2 Å². The smallest absolute Gasteiger partial charge is 0.325 e. The topological polar surface area (TPSA) is 64.8 Å². The van der Waals surface area contributed by atoms with Crippen LogP contribution >= 0.6 is 0 Å². The summed E-state index contributed by atoms with van der Waals surface area (Å²) < 4.78 is 10.6. The van der Waals surface area contributed by atoms with Crippen LogP contribution in [0, 0.1) is 0 Å². The second kappa shape index (κ2) is 5.77. The van der Waals surface area contributed by atoms with Crippen LogP contribution in [0.3, 0.4) is 0 Å². The third-order valence-corrected chi connectivity index (χ3v) is 4.32. The summed E-state index contributed by atoms with van der Waals surface area (Å²) in [7, 11) is 1.42. The minimum Gasteiger partial charge on any atom is -0.468 e. The molecule has 110 valence electrons. The Morgan fingerprint density at radius 1 is 1.37 bits per heavy atom. The number of morpholine rings is 1. The molecule has 0 aromatic rings. The molecular weight excluding hydrogens is 244 g/mol. The highest BCUT2D eigenvalue weighted by Gasteiger charge is 2.42. The lowest BCUT2D eigenvalue weighted by Crippen LogP contribution is -2.59. The molecule has 2 rings (SSSR count). The standard InChI is InChI=1S/C14H26N2O3/c1-10-8-16(9-11(2)19-10)12-5-4-6-14(15,7-12)13(17)18-3/h10-12H,4-9,15H2,1-3H3. The van der Waals surface area contributed by atoms with Gasteiger partial charge in [0.05, 0.1) is 19.3 Å². The van der Waals surface area contributed by atoms with Crippen molar-refractivity contribution in [3.63, 3.8) is 0 Å². The second-order valence-electron chi connectivity index (χ2n) is 6.11. The van der Waals surface area contributed by atoms with E-state index in [9.17, 15) is 4.79 Å². The Balaban J connectivity index is 2.02. The first kappa shape index (κ1) is 14.8. The molecular formula is C14H26N2O3. The molecule has 1 heterocycles. The Morgan fingerprint density at radius 3 is 2.58 bits per heavy atom. The van der Waals surface area contributed by atoms with Gasteiger partial charge in [0.1, 0.15) is 5.54 Å². The Hall–Kier alpha value is -0.650. The quantitative estimate of drug-likeness (QED) is 0.756. The lowest BCUT2D eigenvalue weighted by atomic mass is 9.79. The van der Waals surface area contributed by atoms with Crippen molar-refractivity contribution >= 4 is 5.97 Å². The molecule has 1 saturated heterocycles. The van der Waals surface area contributed by atoms with E-state index in [2.05, 4.69) is 18.7 Å². The summed E-state index contributed by atoms with van der Waals surface area (Å²) in [4.78, 5) is 14.3. The molecule has 0 aromatic carbocycles. The van der Waals surface area contributed by atoms with Gasteiger partial charge in [-0.3, -0.25) is 9.69 Å². The highest BCUT2D eigenvalue weighted by molar-refractivity contribution is 5.80. The molecule has 0 bridgehead atoms. The molecule has 1 saturated carbocycles. The van der Waals surface area contributed by atoms with Crippen molar-refractivity contribution in [3.05, 3.63) is 0 Å². The van der Waals surface area contributed by atoms with Crippen LogP contribution in [0.1, 0.15) is 39.5 Å². The van der Waals surface area contributed by atoms with Gasteiger partial charge in [0, 0.05) is 19.1 Å². The van der Waals surface area contributed by atoms with Gasteiger partial charge < -0.3 is 15.2 Å². The number of carbonyl (C=O) groups is 1. The fourth-order valence-corrected chi connectivity index (χ4v) is 3.49. The minimum absolute atomic E-state index is 0.246. The molecule has 1 aliphatic carbocycles. The molecule has 5 heteroatoms. The van der Waals surface area contributed by atoms with Gasteiger partial charge in [-0.15, -0.1) is 0 Å². The molecule has 4 unspecified atom stereocenters. The van der Waals surface area contributed by atoms with E-state index >= 15 is 0 Å². The molecule has 0 aromatic heterocycles. The summed E-state index contributed by atoms with van der Waals surface area (Å²) in [6.07, 6.45) is 4.00. The zero-order chi connectivity index (χ0) is 14.0. The van der Waals surface area contributed by atoms with Crippen LogP contribution < -0.4 is 5.73 Å². The Kier molecular flexibility index (Phi) is 4.48. The van der Waals surface area contributed by atoms with Crippen molar-refractivity contribution in [2.75, 3.05) is 20.2 Å². The van der Waals surface area contributed by atoms with Crippen LogP contribution in [0.25, 0.3) is 0 Å². The van der Waals surface area contributed by atoms with Gasteiger partial charge >= 0.3 is 5.97 Å². The summed E-state index contributed by atoms with van der Waals surface area (Å²) in [6, 6.07) is 0.367. The molecule has 4 atom stereocenters. The summed E-state index contributed by atoms with van der Waals surface area (Å²) in [5.41, 5.74) is 5.44. The van der Waals surface area contributed by atoms with Crippen molar-refractivity contribution in [2.45, 2.75) is 63.3 Å². The van der Waals surface area contributed by atoms with E-state index in [0.29, 0.717) is 12.5 Å². The number of methoxy groups -OCH3 is 1. The van der Waals surface area contributed by atoms with E-state index in [-0.39, 0.29) is 18.2 Å². The molecule has 19 heavy (non-hydrogen) atoms. The van der Waals surface area contributed by atoms with E-state index in [0.717, 1.165) is 32.4 Å². The van der Waals surface area contributed by atoms with Crippen LogP contribution in [-0.2, 0) is 14.3 Å². The van der Waals surface area contributed by atoms with Crippen LogP contribution in [0.15, 0.2) is 0 Å². The first-order valence-corrected chi connectivity index (χ1v) is 7.21. The van der Waals surface area contributed by atoms with Gasteiger partial charge in [0.2, 0.25) is 0 Å². The Morgan fingerprint density at radius 2 is 2.00 bits per heavy atom. The predicted molar refractivity (Wildman–Crippen MR) is 72.8 cm³/mol. The second-order valence-corrected chi connectivity index (χ2v) is 6.11. The van der Waals surface area contributed by atoms with Crippen molar-refractivity contribution in [1.82, 2.24) is 4.90 Å². The molecule has 1 aliphatic heterocycles. The average Bonchev–Trinajstić information content (AvgIpc) is 2.36. The maximum Gasteiger partial charge on any atom is 0.325 e. The number of hydrogen-bond donors (Lipinski definition) is 1. The summed E-state index contributed by atoms with van der Waals surface area (Å²) in [6.45, 7) is 6.04. The lowest BCUT2D eigenvalue weighted by Gasteiger charge is -2.45. The van der Waals surface area contributed by atoms with Crippen LogP contribution in [0.4, 0.5) is 0 Å². The molecule has 2 N–H and O–H groups in total. The fraction of sp³-hybridized carbons (Fsp3) is 0.929. The first-order chi connectivity index (χ1) is 8.94. The van der Waals surface area contributed by atoms with E-state index in [1.807, 2.05) is 0 Å². The van der Waals surface area contributed by atoms with E-state index < -0.39 is 5.54 Å². The minimum atomic E-state index is -0.803. The maximum absolute atomic E-state index is 11.9. The third-order valence-electron chi connectivity index (χ3n) is 4.32. The third kappa shape index (κ3) is 3.27. The molecule has 2 aliphatic rings. The fourth-order valence-electron chi connectivity index (χ4n) is 3.49. The predicted octanol–water partition coefficient (Wildman–Crippen LogP) is 0.909. The monoisotopic (exact) mass is 270 g/mol. The molecule has 0 spiro atoms. The van der Waals surface area contributed by atoms with Gasteiger partial charge in [0.25, 0.3) is 0 Å². The first-order valence-electron chi connectivity index (χ1n) is 7.21. The van der Waals surface area contributed by atoms with Crippen LogP contribution in [0.2, 0.25) is 0 Å². The zero-order valence-corrected chi connectivity index (χ0v) is 12.2. The van der Waals surface area contributed by atoms with Gasteiger partial charge in [0.15, 0.2) is 0 Å². The highest BCUT2D eigenvalue weighted by atomic mass is 16.5. The van der Waals surface area contributed by atoms with Gasteiger partial charge in [-0.25, -0.2) is 0 Å². The summed E-state index contributed by atoms with van der Waals surface area (Å²) in [5, 5.41) is 0. The maximum atomic E-state index is 11.9. The normalized spacial score (nSPS) is 40.9. The number of esters is 1. The average molecular weight is 270 g/mol. The number of ether oxygens (including phenoxy) is 2. The van der Waals surface area contributed by atoms with Crippen LogP contribution in [-0.4, -0.2) is 54.9 Å².